The van der Waals surface area contributed by atoms with Crippen molar-refractivity contribution in [3.05, 3.63) is 76.9 Å². The third kappa shape index (κ3) is 4.91. The molecule has 1 fully saturated rings. The van der Waals surface area contributed by atoms with Crippen molar-refractivity contribution < 1.29 is 14.0 Å². The maximum atomic E-state index is 13.3. The second-order valence-electron chi connectivity index (χ2n) is 8.40. The molecule has 170 valence electrons. The smallest absolute Gasteiger partial charge is 0.257 e. The lowest BCUT2D eigenvalue weighted by atomic mass is 9.95. The molecule has 1 unspecified atom stereocenters. The average molecular weight is 463 g/mol. The van der Waals surface area contributed by atoms with Gasteiger partial charge in [-0.2, -0.15) is 5.10 Å². The van der Waals surface area contributed by atoms with Crippen LogP contribution in [0.25, 0.3) is 0 Å². The van der Waals surface area contributed by atoms with Gasteiger partial charge in [0.05, 0.1) is 23.4 Å². The first-order valence-corrected chi connectivity index (χ1v) is 12.1. The summed E-state index contributed by atoms with van der Waals surface area (Å²) in [6.07, 6.45) is 3.74. The number of nitrogens with zero attached hydrogens (tertiary/aromatic N) is 3. The lowest BCUT2D eigenvalue weighted by Crippen LogP contribution is -2.43. The Morgan fingerprint density at radius 2 is 1.88 bits per heavy atom. The van der Waals surface area contributed by atoms with Gasteiger partial charge < -0.3 is 9.73 Å². The normalized spacial score (nSPS) is 19.5. The molecule has 0 spiro atoms. The molecule has 2 aromatic heterocycles. The number of amides is 2. The first-order valence-electron chi connectivity index (χ1n) is 11.2. The van der Waals surface area contributed by atoms with Gasteiger partial charge in [-0.15, -0.1) is 11.3 Å². The summed E-state index contributed by atoms with van der Waals surface area (Å²) in [4.78, 5) is 29.0. The Hall–Kier alpha value is -3.23. The van der Waals surface area contributed by atoms with Crippen LogP contribution < -0.4 is 5.32 Å². The first-order chi connectivity index (χ1) is 16.2. The van der Waals surface area contributed by atoms with E-state index in [1.807, 2.05) is 60.0 Å². The molecule has 4 heterocycles. The molecule has 7 nitrogen and oxygen atoms in total. The SMILES string of the molecule is O=C(Nc1ccccc1)C1CCN(CC(=O)N2N=C(c3cccs3)CC2c2ccco2)CC1. The quantitative estimate of drug-likeness (QED) is 0.590. The van der Waals surface area contributed by atoms with E-state index in [9.17, 15) is 9.59 Å². The molecule has 0 aliphatic carbocycles. The number of carbonyl (C=O) groups excluding carboxylic acids is 2. The third-order valence-electron chi connectivity index (χ3n) is 6.20. The van der Waals surface area contributed by atoms with Gasteiger partial charge in [0.1, 0.15) is 11.8 Å². The van der Waals surface area contributed by atoms with Gasteiger partial charge in [0.2, 0.25) is 5.91 Å². The van der Waals surface area contributed by atoms with Gasteiger partial charge in [-0.05, 0) is 61.6 Å². The Bertz CT molecular complexity index is 1100. The zero-order valence-electron chi connectivity index (χ0n) is 18.2. The summed E-state index contributed by atoms with van der Waals surface area (Å²) in [7, 11) is 0. The first kappa shape index (κ1) is 21.6. The van der Waals surface area contributed by atoms with Crippen molar-refractivity contribution in [2.45, 2.75) is 25.3 Å². The molecular weight excluding hydrogens is 436 g/mol. The fourth-order valence-electron chi connectivity index (χ4n) is 4.42. The molecule has 0 bridgehead atoms. The highest BCUT2D eigenvalue weighted by molar-refractivity contribution is 7.12. The van der Waals surface area contributed by atoms with E-state index < -0.39 is 0 Å². The topological polar surface area (TPSA) is 78.2 Å². The molecule has 2 aliphatic heterocycles. The highest BCUT2D eigenvalue weighted by Gasteiger charge is 2.36. The van der Waals surface area contributed by atoms with Gasteiger partial charge in [-0.3, -0.25) is 14.5 Å². The monoisotopic (exact) mass is 462 g/mol. The minimum absolute atomic E-state index is 0.0392. The second-order valence-corrected chi connectivity index (χ2v) is 9.35. The maximum absolute atomic E-state index is 13.3. The minimum Gasteiger partial charge on any atom is -0.467 e. The molecule has 1 N–H and O–H groups in total. The van der Waals surface area contributed by atoms with E-state index in [0.717, 1.165) is 34.9 Å². The van der Waals surface area contributed by atoms with Gasteiger partial charge in [0.15, 0.2) is 0 Å². The number of nitrogens with one attached hydrogen (secondary N) is 1. The van der Waals surface area contributed by atoms with Crippen LogP contribution in [0.2, 0.25) is 0 Å². The van der Waals surface area contributed by atoms with E-state index in [4.69, 9.17) is 4.42 Å². The Kier molecular flexibility index (Phi) is 6.37. The van der Waals surface area contributed by atoms with Crippen molar-refractivity contribution in [3.63, 3.8) is 0 Å². The van der Waals surface area contributed by atoms with Gasteiger partial charge in [0.25, 0.3) is 5.91 Å². The van der Waals surface area contributed by atoms with Gasteiger partial charge in [-0.1, -0.05) is 24.3 Å². The summed E-state index contributed by atoms with van der Waals surface area (Å²) in [6, 6.07) is 17.1. The zero-order chi connectivity index (χ0) is 22.6. The number of anilines is 1. The van der Waals surface area contributed by atoms with Crippen LogP contribution in [0.1, 0.15) is 35.9 Å². The van der Waals surface area contributed by atoms with E-state index in [-0.39, 0.29) is 30.3 Å². The maximum Gasteiger partial charge on any atom is 0.257 e. The number of hydrogen-bond acceptors (Lipinski definition) is 6. The van der Waals surface area contributed by atoms with Crippen LogP contribution in [-0.2, 0) is 9.59 Å². The molecule has 2 aliphatic rings. The van der Waals surface area contributed by atoms with E-state index in [1.165, 1.54) is 0 Å². The van der Waals surface area contributed by atoms with E-state index in [2.05, 4.69) is 15.3 Å². The summed E-state index contributed by atoms with van der Waals surface area (Å²) in [6.45, 7) is 1.70. The highest BCUT2D eigenvalue weighted by Crippen LogP contribution is 2.34. The molecule has 3 aromatic rings. The number of furan rings is 1. The number of rotatable bonds is 6. The predicted molar refractivity (Wildman–Crippen MR) is 128 cm³/mol. The van der Waals surface area contributed by atoms with Crippen LogP contribution in [0.5, 0.6) is 0 Å². The number of hydrogen-bond donors (Lipinski definition) is 1. The van der Waals surface area contributed by atoms with Crippen molar-refractivity contribution in [3.8, 4) is 0 Å². The van der Waals surface area contributed by atoms with Gasteiger partial charge >= 0.3 is 0 Å². The van der Waals surface area contributed by atoms with Crippen molar-refractivity contribution in [2.75, 3.05) is 25.0 Å². The molecule has 0 radical (unpaired) electrons. The number of thiophene rings is 1. The number of hydrazone groups is 1. The summed E-state index contributed by atoms with van der Waals surface area (Å²) in [5.41, 5.74) is 1.73. The fraction of sp³-hybridized carbons (Fsp3) is 0.320. The standard InChI is InChI=1S/C25H26N4O3S/c30-24(17-28-12-10-18(11-13-28)25(31)26-19-6-2-1-3-7-19)29-21(22-8-4-14-32-22)16-20(27-29)23-9-5-15-33-23/h1-9,14-15,18,21H,10-13,16-17H2,(H,26,31). The minimum atomic E-state index is -0.223. The van der Waals surface area contributed by atoms with Crippen LogP contribution >= 0.6 is 11.3 Å². The summed E-state index contributed by atoms with van der Waals surface area (Å²) >= 11 is 1.62. The number of benzene rings is 1. The van der Waals surface area contributed by atoms with Crippen molar-refractivity contribution in [1.82, 2.24) is 9.91 Å². The Morgan fingerprint density at radius 1 is 1.06 bits per heavy atom. The average Bonchev–Trinajstić information content (AvgIpc) is 3.61. The molecule has 0 saturated carbocycles. The zero-order valence-corrected chi connectivity index (χ0v) is 19.0. The number of carbonyl (C=O) groups is 2. The molecule has 2 amide bonds. The van der Waals surface area contributed by atoms with Crippen LogP contribution in [0.15, 0.2) is 75.8 Å². The van der Waals surface area contributed by atoms with Crippen LogP contribution in [0, 0.1) is 5.92 Å². The molecule has 8 heteroatoms. The number of para-hydroxylation sites is 1. The van der Waals surface area contributed by atoms with Crippen LogP contribution in [0.3, 0.4) is 0 Å². The Balaban J connectivity index is 1.19. The number of piperidine rings is 1. The van der Waals surface area contributed by atoms with Crippen LogP contribution in [0.4, 0.5) is 5.69 Å². The van der Waals surface area contributed by atoms with E-state index in [0.29, 0.717) is 19.5 Å². The molecule has 33 heavy (non-hydrogen) atoms. The summed E-state index contributed by atoms with van der Waals surface area (Å²) in [5.74, 6) is 0.711. The molecule has 5 rings (SSSR count). The third-order valence-corrected chi connectivity index (χ3v) is 7.12. The molecular formula is C25H26N4O3S. The van der Waals surface area contributed by atoms with Crippen molar-refractivity contribution in [2.24, 2.45) is 11.0 Å². The summed E-state index contributed by atoms with van der Waals surface area (Å²) < 4.78 is 5.62. The van der Waals surface area contributed by atoms with Gasteiger partial charge in [0, 0.05) is 18.0 Å². The molecule has 1 aromatic carbocycles. The highest BCUT2D eigenvalue weighted by atomic mass is 32.1. The fourth-order valence-corrected chi connectivity index (χ4v) is 5.14. The van der Waals surface area contributed by atoms with E-state index >= 15 is 0 Å². The van der Waals surface area contributed by atoms with Crippen molar-refractivity contribution >= 4 is 34.6 Å². The Labute approximate surface area is 196 Å². The molecule has 1 atom stereocenters. The van der Waals surface area contributed by atoms with E-state index in [1.54, 1.807) is 22.6 Å². The molecule has 1 saturated heterocycles. The largest absolute Gasteiger partial charge is 0.467 e. The Morgan fingerprint density at radius 3 is 2.58 bits per heavy atom. The van der Waals surface area contributed by atoms with Gasteiger partial charge in [-0.25, -0.2) is 5.01 Å². The van der Waals surface area contributed by atoms with Crippen LogP contribution in [-0.4, -0.2) is 47.1 Å². The second kappa shape index (κ2) is 9.72. The number of likely N-dealkylation sites (tertiary alicyclic amines) is 1. The lowest BCUT2D eigenvalue weighted by Gasteiger charge is -2.32. The van der Waals surface area contributed by atoms with Crippen molar-refractivity contribution in [1.29, 1.82) is 0 Å². The lowest BCUT2D eigenvalue weighted by molar-refractivity contribution is -0.135. The predicted octanol–water partition coefficient (Wildman–Crippen LogP) is 4.37. The summed E-state index contributed by atoms with van der Waals surface area (Å²) in [5, 5.41) is 11.3.